The van der Waals surface area contributed by atoms with E-state index in [0.717, 1.165) is 6.54 Å². The maximum absolute atomic E-state index is 4.51. The number of hydrogen-bond acceptors (Lipinski definition) is 1. The van der Waals surface area contributed by atoms with Crippen LogP contribution in [0.4, 0.5) is 0 Å². The summed E-state index contributed by atoms with van der Waals surface area (Å²) in [5.74, 6) is 0. The highest BCUT2D eigenvalue weighted by Crippen LogP contribution is 2.08. The lowest BCUT2D eigenvalue weighted by molar-refractivity contribution is 0.595. The standard InChI is InChI=1S/C14H29N/c1-4-6-7-8-9-10-11-12-14(3)15-13-5-2/h4-13H2,1-3H3/b15-14-. The molecule has 0 unspecified atom stereocenters. The number of nitrogens with zero attached hydrogens (tertiary/aromatic N) is 1. The maximum Gasteiger partial charge on any atom is 0.0385 e. The first-order valence-electron chi connectivity index (χ1n) is 6.81. The van der Waals surface area contributed by atoms with Gasteiger partial charge in [0.25, 0.3) is 0 Å². The van der Waals surface area contributed by atoms with Gasteiger partial charge in [-0.1, -0.05) is 52.4 Å². The molecule has 0 N–H and O–H groups in total. The van der Waals surface area contributed by atoms with Crippen molar-refractivity contribution in [3.8, 4) is 0 Å². The molecule has 0 aliphatic carbocycles. The van der Waals surface area contributed by atoms with E-state index < -0.39 is 0 Å². The molecule has 1 heteroatoms. The van der Waals surface area contributed by atoms with E-state index in [1.165, 1.54) is 63.5 Å². The zero-order valence-electron chi connectivity index (χ0n) is 11.0. The molecule has 0 rings (SSSR count). The summed E-state index contributed by atoms with van der Waals surface area (Å²) in [6.07, 6.45) is 12.2. The van der Waals surface area contributed by atoms with Crippen molar-refractivity contribution >= 4 is 5.71 Å². The van der Waals surface area contributed by atoms with Crippen LogP contribution < -0.4 is 0 Å². The van der Waals surface area contributed by atoms with Crippen LogP contribution in [-0.4, -0.2) is 12.3 Å². The Balaban J connectivity index is 3.16. The fourth-order valence-electron chi connectivity index (χ4n) is 1.72. The summed E-state index contributed by atoms with van der Waals surface area (Å²) in [6, 6.07) is 0. The number of hydrogen-bond donors (Lipinski definition) is 0. The van der Waals surface area contributed by atoms with E-state index in [9.17, 15) is 0 Å². The predicted molar refractivity (Wildman–Crippen MR) is 70.9 cm³/mol. The van der Waals surface area contributed by atoms with Crippen LogP contribution in [0.15, 0.2) is 4.99 Å². The van der Waals surface area contributed by atoms with Crippen LogP contribution in [0.3, 0.4) is 0 Å². The van der Waals surface area contributed by atoms with E-state index in [1.54, 1.807) is 0 Å². The molecule has 0 aromatic rings. The molecule has 0 bridgehead atoms. The second kappa shape index (κ2) is 11.7. The topological polar surface area (TPSA) is 12.4 Å². The number of unbranched alkanes of at least 4 members (excludes halogenated alkanes) is 6. The van der Waals surface area contributed by atoms with Gasteiger partial charge in [0.2, 0.25) is 0 Å². The highest BCUT2D eigenvalue weighted by atomic mass is 14.7. The fourth-order valence-corrected chi connectivity index (χ4v) is 1.72. The van der Waals surface area contributed by atoms with Gasteiger partial charge in [0.05, 0.1) is 0 Å². The Morgan fingerprint density at radius 3 is 2.00 bits per heavy atom. The molecular weight excluding hydrogens is 182 g/mol. The molecule has 0 aliphatic rings. The molecular formula is C14H29N. The minimum atomic E-state index is 1.02. The second-order valence-electron chi connectivity index (χ2n) is 4.49. The van der Waals surface area contributed by atoms with Gasteiger partial charge in [-0.05, 0) is 26.2 Å². The highest BCUT2D eigenvalue weighted by Gasteiger charge is 1.93. The first-order valence-corrected chi connectivity index (χ1v) is 6.81. The molecule has 0 radical (unpaired) electrons. The van der Waals surface area contributed by atoms with Crippen molar-refractivity contribution in [3.63, 3.8) is 0 Å². The quantitative estimate of drug-likeness (QED) is 0.356. The normalized spacial score (nSPS) is 12.1. The SMILES string of the molecule is CCCCCCCCC/C(C)=N\CCC. The monoisotopic (exact) mass is 211 g/mol. The van der Waals surface area contributed by atoms with Crippen LogP contribution in [0.25, 0.3) is 0 Å². The first-order chi connectivity index (χ1) is 7.31. The molecule has 0 aliphatic heterocycles. The summed E-state index contributed by atoms with van der Waals surface area (Å²) >= 11 is 0. The second-order valence-corrected chi connectivity index (χ2v) is 4.49. The molecule has 15 heavy (non-hydrogen) atoms. The lowest BCUT2D eigenvalue weighted by atomic mass is 10.1. The van der Waals surface area contributed by atoms with Gasteiger partial charge in [0.1, 0.15) is 0 Å². The van der Waals surface area contributed by atoms with Gasteiger partial charge >= 0.3 is 0 Å². The van der Waals surface area contributed by atoms with E-state index >= 15 is 0 Å². The van der Waals surface area contributed by atoms with Gasteiger partial charge in [-0.25, -0.2) is 0 Å². The van der Waals surface area contributed by atoms with Gasteiger partial charge in [-0.15, -0.1) is 0 Å². The van der Waals surface area contributed by atoms with Crippen LogP contribution in [0, 0.1) is 0 Å². The zero-order chi connectivity index (χ0) is 11.4. The molecule has 90 valence electrons. The van der Waals surface area contributed by atoms with Crippen molar-refractivity contribution < 1.29 is 0 Å². The van der Waals surface area contributed by atoms with Crippen LogP contribution in [0.1, 0.15) is 78.6 Å². The molecule has 0 heterocycles. The highest BCUT2D eigenvalue weighted by molar-refractivity contribution is 5.81. The third-order valence-electron chi connectivity index (χ3n) is 2.75. The van der Waals surface area contributed by atoms with Gasteiger partial charge in [-0.3, -0.25) is 4.99 Å². The molecule has 0 fully saturated rings. The Kier molecular flexibility index (Phi) is 11.5. The third kappa shape index (κ3) is 11.6. The number of rotatable bonds is 10. The summed E-state index contributed by atoms with van der Waals surface area (Å²) in [4.78, 5) is 4.51. The van der Waals surface area contributed by atoms with Crippen LogP contribution in [-0.2, 0) is 0 Å². The molecule has 0 aromatic carbocycles. The molecule has 0 spiro atoms. The minimum absolute atomic E-state index is 1.02. The summed E-state index contributed by atoms with van der Waals surface area (Å²) in [6.45, 7) is 7.65. The molecule has 0 aromatic heterocycles. The zero-order valence-corrected chi connectivity index (χ0v) is 11.0. The average molecular weight is 211 g/mol. The smallest absolute Gasteiger partial charge is 0.0385 e. The Labute approximate surface area is 96.4 Å². The fraction of sp³-hybridized carbons (Fsp3) is 0.929. The van der Waals surface area contributed by atoms with Crippen LogP contribution in [0.5, 0.6) is 0 Å². The van der Waals surface area contributed by atoms with E-state index in [1.807, 2.05) is 0 Å². The Morgan fingerprint density at radius 1 is 0.800 bits per heavy atom. The van der Waals surface area contributed by atoms with Crippen molar-refractivity contribution in [2.24, 2.45) is 4.99 Å². The van der Waals surface area contributed by atoms with Gasteiger partial charge in [-0.2, -0.15) is 0 Å². The molecule has 1 nitrogen and oxygen atoms in total. The molecule has 0 atom stereocenters. The van der Waals surface area contributed by atoms with Crippen molar-refractivity contribution in [2.75, 3.05) is 6.54 Å². The average Bonchev–Trinajstić information content (AvgIpc) is 2.25. The lowest BCUT2D eigenvalue weighted by Gasteiger charge is -2.01. The van der Waals surface area contributed by atoms with E-state index in [-0.39, 0.29) is 0 Å². The Hall–Kier alpha value is -0.330. The van der Waals surface area contributed by atoms with Crippen molar-refractivity contribution in [3.05, 3.63) is 0 Å². The summed E-state index contributed by atoms with van der Waals surface area (Å²) in [5, 5.41) is 0. The lowest BCUT2D eigenvalue weighted by Crippen LogP contribution is -1.93. The maximum atomic E-state index is 4.51. The van der Waals surface area contributed by atoms with Crippen molar-refractivity contribution in [1.29, 1.82) is 0 Å². The van der Waals surface area contributed by atoms with E-state index in [4.69, 9.17) is 0 Å². The van der Waals surface area contributed by atoms with Gasteiger partial charge < -0.3 is 0 Å². The van der Waals surface area contributed by atoms with Crippen molar-refractivity contribution in [2.45, 2.75) is 78.6 Å². The third-order valence-corrected chi connectivity index (χ3v) is 2.75. The molecule has 0 saturated heterocycles. The van der Waals surface area contributed by atoms with E-state index in [0.29, 0.717) is 0 Å². The van der Waals surface area contributed by atoms with Gasteiger partial charge in [0.15, 0.2) is 0 Å². The van der Waals surface area contributed by atoms with Crippen molar-refractivity contribution in [1.82, 2.24) is 0 Å². The van der Waals surface area contributed by atoms with Crippen LogP contribution >= 0.6 is 0 Å². The van der Waals surface area contributed by atoms with Gasteiger partial charge in [0, 0.05) is 12.3 Å². The summed E-state index contributed by atoms with van der Waals surface area (Å²) in [5.41, 5.74) is 1.35. The minimum Gasteiger partial charge on any atom is -0.294 e. The Morgan fingerprint density at radius 2 is 1.40 bits per heavy atom. The number of aliphatic imine (C=N–C) groups is 1. The predicted octanol–water partition coefficient (Wildman–Crippen LogP) is 5.00. The van der Waals surface area contributed by atoms with E-state index in [2.05, 4.69) is 25.8 Å². The largest absolute Gasteiger partial charge is 0.294 e. The summed E-state index contributed by atoms with van der Waals surface area (Å²) < 4.78 is 0. The summed E-state index contributed by atoms with van der Waals surface area (Å²) in [7, 11) is 0. The molecule has 0 saturated carbocycles. The molecule has 0 amide bonds. The Bertz CT molecular complexity index is 149. The van der Waals surface area contributed by atoms with Crippen LogP contribution in [0.2, 0.25) is 0 Å². The first kappa shape index (κ1) is 14.7.